The van der Waals surface area contributed by atoms with E-state index in [1.807, 2.05) is 12.1 Å². The summed E-state index contributed by atoms with van der Waals surface area (Å²) in [5, 5.41) is 0. The Kier molecular flexibility index (Phi) is 4.91. The Bertz CT molecular complexity index is 556. The summed E-state index contributed by atoms with van der Waals surface area (Å²) >= 11 is 0. The number of ether oxygens (including phenoxy) is 2. The maximum atomic E-state index is 11.6. The van der Waals surface area contributed by atoms with Gasteiger partial charge in [-0.1, -0.05) is 29.8 Å². The summed E-state index contributed by atoms with van der Waals surface area (Å²) in [7, 11) is 1.51. The number of benzene rings is 2. The lowest BCUT2D eigenvalue weighted by atomic mass is 10.1. The predicted octanol–water partition coefficient (Wildman–Crippen LogP) is 3.40. The molecule has 0 N–H and O–H groups in total. The van der Waals surface area contributed by atoms with Crippen molar-refractivity contribution in [1.82, 2.24) is 0 Å². The molecule has 0 aromatic heterocycles. The molecule has 0 saturated heterocycles. The van der Waals surface area contributed by atoms with E-state index in [4.69, 9.17) is 9.47 Å². The summed E-state index contributed by atoms with van der Waals surface area (Å²) in [6.07, 6.45) is 0. The minimum atomic E-state index is -0.0300. The minimum Gasteiger partial charge on any atom is -0.489 e. The normalized spacial score (nSPS) is 10.3. The lowest BCUT2D eigenvalue weighted by molar-refractivity contribution is 0.0848. The summed E-state index contributed by atoms with van der Waals surface area (Å²) in [6.45, 7) is 2.68. The van der Waals surface area contributed by atoms with E-state index in [1.165, 1.54) is 12.7 Å². The van der Waals surface area contributed by atoms with Crippen molar-refractivity contribution in [2.24, 2.45) is 0 Å². The quantitative estimate of drug-likeness (QED) is 0.755. The minimum absolute atomic E-state index is 0.0300. The van der Waals surface area contributed by atoms with Crippen molar-refractivity contribution in [3.8, 4) is 5.75 Å². The summed E-state index contributed by atoms with van der Waals surface area (Å²) in [5.74, 6) is 0.720. The van der Waals surface area contributed by atoms with Gasteiger partial charge in [0.15, 0.2) is 5.78 Å². The zero-order valence-electron chi connectivity index (χ0n) is 11.8. The maximum Gasteiger partial charge on any atom is 0.188 e. The number of rotatable bonds is 6. The van der Waals surface area contributed by atoms with Crippen molar-refractivity contribution in [2.75, 3.05) is 13.7 Å². The Balaban J connectivity index is 1.93. The van der Waals surface area contributed by atoms with E-state index >= 15 is 0 Å². The van der Waals surface area contributed by atoms with Gasteiger partial charge in [0.25, 0.3) is 0 Å². The third kappa shape index (κ3) is 3.93. The number of ketones is 1. The second-order valence-corrected chi connectivity index (χ2v) is 4.65. The van der Waals surface area contributed by atoms with Crippen molar-refractivity contribution < 1.29 is 14.3 Å². The van der Waals surface area contributed by atoms with Crippen molar-refractivity contribution >= 4 is 5.78 Å². The van der Waals surface area contributed by atoms with Crippen molar-refractivity contribution in [1.29, 1.82) is 0 Å². The number of carbonyl (C=O) groups is 1. The molecule has 0 atom stereocenters. The molecule has 0 fully saturated rings. The number of carbonyl (C=O) groups excluding carboxylic acids is 1. The van der Waals surface area contributed by atoms with Crippen LogP contribution < -0.4 is 4.74 Å². The molecule has 0 aliphatic rings. The fourth-order valence-corrected chi connectivity index (χ4v) is 1.80. The summed E-state index contributed by atoms with van der Waals surface area (Å²) in [4.78, 5) is 11.6. The number of hydrogen-bond acceptors (Lipinski definition) is 3. The molecule has 0 spiro atoms. The van der Waals surface area contributed by atoms with Gasteiger partial charge in [0.05, 0.1) is 0 Å². The van der Waals surface area contributed by atoms with E-state index in [0.29, 0.717) is 12.2 Å². The molecule has 3 nitrogen and oxygen atoms in total. The van der Waals surface area contributed by atoms with Crippen LogP contribution in [0, 0.1) is 6.92 Å². The monoisotopic (exact) mass is 270 g/mol. The highest BCUT2D eigenvalue weighted by molar-refractivity contribution is 5.97. The van der Waals surface area contributed by atoms with Crippen LogP contribution in [0.15, 0.2) is 48.5 Å². The van der Waals surface area contributed by atoms with Gasteiger partial charge in [-0.25, -0.2) is 0 Å². The molecule has 0 aliphatic carbocycles. The van der Waals surface area contributed by atoms with Gasteiger partial charge in [-0.2, -0.15) is 0 Å². The molecule has 0 bridgehead atoms. The number of hydrogen-bond donors (Lipinski definition) is 0. The van der Waals surface area contributed by atoms with Crippen LogP contribution in [0.1, 0.15) is 21.5 Å². The SMILES string of the molecule is COCC(=O)c1ccc(OCc2ccc(C)cc2)cc1. The first-order chi connectivity index (χ1) is 9.69. The van der Waals surface area contributed by atoms with Crippen LogP contribution in [-0.2, 0) is 11.3 Å². The lowest BCUT2D eigenvalue weighted by Crippen LogP contribution is -2.06. The van der Waals surface area contributed by atoms with Crippen LogP contribution in [0.4, 0.5) is 0 Å². The highest BCUT2D eigenvalue weighted by atomic mass is 16.5. The molecule has 2 aromatic rings. The topological polar surface area (TPSA) is 35.5 Å². The zero-order valence-corrected chi connectivity index (χ0v) is 11.8. The summed E-state index contributed by atoms with van der Waals surface area (Å²) < 4.78 is 10.5. The van der Waals surface area contributed by atoms with Crippen LogP contribution in [0.5, 0.6) is 5.75 Å². The second kappa shape index (κ2) is 6.87. The van der Waals surface area contributed by atoms with Gasteiger partial charge < -0.3 is 9.47 Å². The molecule has 0 aliphatic heterocycles. The zero-order chi connectivity index (χ0) is 14.4. The molecule has 2 aromatic carbocycles. The van der Waals surface area contributed by atoms with Crippen LogP contribution in [0.2, 0.25) is 0 Å². The fraction of sp³-hybridized carbons (Fsp3) is 0.235. The van der Waals surface area contributed by atoms with Gasteiger partial charge in [0.2, 0.25) is 0 Å². The van der Waals surface area contributed by atoms with Crippen LogP contribution in [0.3, 0.4) is 0 Å². The summed E-state index contributed by atoms with van der Waals surface area (Å²) in [6, 6.07) is 15.3. The smallest absolute Gasteiger partial charge is 0.188 e. The Labute approximate surface area is 119 Å². The summed E-state index contributed by atoms with van der Waals surface area (Å²) in [5.41, 5.74) is 2.99. The van der Waals surface area contributed by atoms with Crippen LogP contribution in [0.25, 0.3) is 0 Å². The molecule has 0 amide bonds. The molecule has 104 valence electrons. The molecule has 3 heteroatoms. The average Bonchev–Trinajstić information content (AvgIpc) is 2.47. The maximum absolute atomic E-state index is 11.6. The lowest BCUT2D eigenvalue weighted by Gasteiger charge is -2.07. The van der Waals surface area contributed by atoms with Gasteiger partial charge in [-0.05, 0) is 36.8 Å². The first-order valence-corrected chi connectivity index (χ1v) is 6.49. The molecule has 0 saturated carbocycles. The van der Waals surface area contributed by atoms with Gasteiger partial charge in [0, 0.05) is 12.7 Å². The third-order valence-electron chi connectivity index (χ3n) is 2.98. The van der Waals surface area contributed by atoms with Gasteiger partial charge in [-0.3, -0.25) is 4.79 Å². The molecule has 0 heterocycles. The molecule has 0 unspecified atom stereocenters. The van der Waals surface area contributed by atoms with E-state index in [-0.39, 0.29) is 12.4 Å². The van der Waals surface area contributed by atoms with Crippen LogP contribution in [-0.4, -0.2) is 19.5 Å². The van der Waals surface area contributed by atoms with E-state index < -0.39 is 0 Å². The first-order valence-electron chi connectivity index (χ1n) is 6.49. The number of Topliss-reactive ketones (excluding diaryl/α,β-unsaturated/α-hetero) is 1. The van der Waals surface area contributed by atoms with E-state index in [9.17, 15) is 4.79 Å². The number of methoxy groups -OCH3 is 1. The standard InChI is InChI=1S/C17H18O3/c1-13-3-5-14(6-4-13)11-20-16-9-7-15(8-10-16)17(18)12-19-2/h3-10H,11-12H2,1-2H3. The van der Waals surface area contributed by atoms with Gasteiger partial charge >= 0.3 is 0 Å². The second-order valence-electron chi connectivity index (χ2n) is 4.65. The highest BCUT2D eigenvalue weighted by Gasteiger charge is 2.05. The first kappa shape index (κ1) is 14.3. The van der Waals surface area contributed by atoms with E-state index in [0.717, 1.165) is 11.3 Å². The van der Waals surface area contributed by atoms with Gasteiger partial charge in [-0.15, -0.1) is 0 Å². The Hall–Kier alpha value is -2.13. The van der Waals surface area contributed by atoms with Crippen molar-refractivity contribution in [3.63, 3.8) is 0 Å². The van der Waals surface area contributed by atoms with E-state index in [1.54, 1.807) is 24.3 Å². The Morgan fingerprint density at radius 2 is 1.65 bits per heavy atom. The third-order valence-corrected chi connectivity index (χ3v) is 2.98. The Morgan fingerprint density at radius 3 is 2.25 bits per heavy atom. The average molecular weight is 270 g/mol. The van der Waals surface area contributed by atoms with Gasteiger partial charge in [0.1, 0.15) is 19.0 Å². The predicted molar refractivity (Wildman–Crippen MR) is 78.2 cm³/mol. The fourth-order valence-electron chi connectivity index (χ4n) is 1.80. The van der Waals surface area contributed by atoms with Crippen LogP contribution >= 0.6 is 0 Å². The molecule has 20 heavy (non-hydrogen) atoms. The van der Waals surface area contributed by atoms with Crippen molar-refractivity contribution in [2.45, 2.75) is 13.5 Å². The molecule has 0 radical (unpaired) electrons. The van der Waals surface area contributed by atoms with E-state index in [2.05, 4.69) is 19.1 Å². The van der Waals surface area contributed by atoms with Crippen molar-refractivity contribution in [3.05, 3.63) is 65.2 Å². The molecular weight excluding hydrogens is 252 g/mol. The Morgan fingerprint density at radius 1 is 1.00 bits per heavy atom. The molecular formula is C17H18O3. The molecule has 2 rings (SSSR count). The largest absolute Gasteiger partial charge is 0.489 e. The number of aryl methyl sites for hydroxylation is 1. The highest BCUT2D eigenvalue weighted by Crippen LogP contribution is 2.15.